The van der Waals surface area contributed by atoms with Gasteiger partial charge in [-0.15, -0.1) is 35.7 Å². The fraction of sp³-hybridized carbons (Fsp3) is 0.571. The average molecular weight is 542 g/mol. The Bertz CT molecular complexity index is 906. The van der Waals surface area contributed by atoms with Crippen molar-refractivity contribution in [1.29, 1.82) is 0 Å². The number of thioether (sulfide) groups is 1. The van der Waals surface area contributed by atoms with Gasteiger partial charge in [0.1, 0.15) is 5.82 Å². The van der Waals surface area contributed by atoms with E-state index in [4.69, 9.17) is 0 Å². The van der Waals surface area contributed by atoms with E-state index in [1.165, 1.54) is 17.7 Å². The monoisotopic (exact) mass is 542 g/mol. The maximum atomic E-state index is 12.4. The Kier molecular flexibility index (Phi) is 8.27. The Morgan fingerprint density at radius 3 is 2.73 bits per heavy atom. The van der Waals surface area contributed by atoms with Crippen LogP contribution in [0.25, 0.3) is 0 Å². The summed E-state index contributed by atoms with van der Waals surface area (Å²) in [6.07, 6.45) is 6.41. The molecule has 0 saturated heterocycles. The van der Waals surface area contributed by atoms with Crippen LogP contribution < -0.4 is 16.3 Å². The van der Waals surface area contributed by atoms with Gasteiger partial charge < -0.3 is 10.6 Å². The summed E-state index contributed by atoms with van der Waals surface area (Å²) in [6, 6.07) is 10.6. The van der Waals surface area contributed by atoms with Crippen molar-refractivity contribution in [2.24, 2.45) is 4.99 Å². The van der Waals surface area contributed by atoms with E-state index in [0.717, 1.165) is 57.1 Å². The van der Waals surface area contributed by atoms with Crippen LogP contribution in [0.2, 0.25) is 0 Å². The predicted octanol–water partition coefficient (Wildman–Crippen LogP) is 2.88. The highest BCUT2D eigenvalue weighted by atomic mass is 127. The lowest BCUT2D eigenvalue weighted by Crippen LogP contribution is -2.41. The van der Waals surface area contributed by atoms with E-state index in [9.17, 15) is 4.79 Å². The SMILES string of the molecule is CN=C(NCCCn1nc2n(c1=O)CCCC2)NCC1(Sc2ccccc2)CC1.I. The van der Waals surface area contributed by atoms with Gasteiger partial charge in [-0.1, -0.05) is 18.2 Å². The van der Waals surface area contributed by atoms with Crippen molar-refractivity contribution < 1.29 is 0 Å². The molecule has 2 aromatic rings. The van der Waals surface area contributed by atoms with Crippen molar-refractivity contribution in [3.8, 4) is 0 Å². The molecule has 1 aromatic carbocycles. The van der Waals surface area contributed by atoms with Gasteiger partial charge in [-0.25, -0.2) is 9.48 Å². The van der Waals surface area contributed by atoms with Crippen LogP contribution in [-0.4, -0.2) is 45.2 Å². The van der Waals surface area contributed by atoms with Gasteiger partial charge in [-0.2, -0.15) is 5.10 Å². The lowest BCUT2D eigenvalue weighted by atomic mass is 10.2. The highest BCUT2D eigenvalue weighted by Crippen LogP contribution is 2.51. The fourth-order valence-corrected chi connectivity index (χ4v) is 4.93. The first-order valence-corrected chi connectivity index (χ1v) is 11.4. The zero-order valence-electron chi connectivity index (χ0n) is 17.5. The molecule has 7 nitrogen and oxygen atoms in total. The largest absolute Gasteiger partial charge is 0.356 e. The third-order valence-electron chi connectivity index (χ3n) is 5.56. The van der Waals surface area contributed by atoms with Crippen molar-refractivity contribution in [2.75, 3.05) is 20.1 Å². The van der Waals surface area contributed by atoms with Crippen LogP contribution in [0.5, 0.6) is 0 Å². The number of aliphatic imine (C=N–C) groups is 1. The van der Waals surface area contributed by atoms with Gasteiger partial charge in [0.25, 0.3) is 0 Å². The lowest BCUT2D eigenvalue weighted by molar-refractivity contribution is 0.509. The minimum Gasteiger partial charge on any atom is -0.356 e. The number of rotatable bonds is 8. The molecule has 4 rings (SSSR count). The number of fused-ring (bicyclic) bond motifs is 1. The minimum atomic E-state index is 0. The summed E-state index contributed by atoms with van der Waals surface area (Å²) in [6.45, 7) is 3.11. The minimum absolute atomic E-state index is 0. The molecule has 0 spiro atoms. The summed E-state index contributed by atoms with van der Waals surface area (Å²) >= 11 is 1.96. The topological polar surface area (TPSA) is 76.2 Å². The second-order valence-corrected chi connectivity index (χ2v) is 9.38. The first-order chi connectivity index (χ1) is 14.2. The number of guanidine groups is 1. The first-order valence-electron chi connectivity index (χ1n) is 10.5. The number of aryl methyl sites for hydroxylation is 2. The molecule has 2 heterocycles. The zero-order chi connectivity index (χ0) is 20.1. The molecule has 1 fully saturated rings. The summed E-state index contributed by atoms with van der Waals surface area (Å²) in [5.41, 5.74) is 0.0378. The van der Waals surface area contributed by atoms with Crippen LogP contribution in [0.1, 0.15) is 37.9 Å². The smallest absolute Gasteiger partial charge is 0.345 e. The quantitative estimate of drug-likeness (QED) is 0.232. The van der Waals surface area contributed by atoms with Crippen molar-refractivity contribution in [3.05, 3.63) is 46.6 Å². The zero-order valence-corrected chi connectivity index (χ0v) is 20.6. The van der Waals surface area contributed by atoms with Gasteiger partial charge in [-0.05, 0) is 44.2 Å². The third kappa shape index (κ3) is 5.81. The molecule has 1 aliphatic carbocycles. The van der Waals surface area contributed by atoms with Crippen molar-refractivity contribution in [2.45, 2.75) is 61.3 Å². The van der Waals surface area contributed by atoms with E-state index in [1.807, 2.05) is 16.3 Å². The second kappa shape index (κ2) is 10.7. The molecular weight excluding hydrogens is 511 g/mol. The number of nitrogens with one attached hydrogen (secondary N) is 2. The van der Waals surface area contributed by atoms with Gasteiger partial charge in [-0.3, -0.25) is 9.56 Å². The first kappa shape index (κ1) is 23.2. The van der Waals surface area contributed by atoms with Gasteiger partial charge in [0.15, 0.2) is 5.96 Å². The molecule has 0 unspecified atom stereocenters. The Morgan fingerprint density at radius 1 is 1.23 bits per heavy atom. The molecule has 164 valence electrons. The number of halogens is 1. The summed E-state index contributed by atoms with van der Waals surface area (Å²) in [5.74, 6) is 1.76. The van der Waals surface area contributed by atoms with Crippen molar-refractivity contribution in [1.82, 2.24) is 25.0 Å². The summed E-state index contributed by atoms with van der Waals surface area (Å²) in [5, 5.41) is 11.3. The van der Waals surface area contributed by atoms with E-state index in [0.29, 0.717) is 6.54 Å². The molecule has 30 heavy (non-hydrogen) atoms. The summed E-state index contributed by atoms with van der Waals surface area (Å²) in [4.78, 5) is 18.0. The Morgan fingerprint density at radius 2 is 2.03 bits per heavy atom. The van der Waals surface area contributed by atoms with Gasteiger partial charge in [0.05, 0.1) is 0 Å². The number of aromatic nitrogens is 3. The van der Waals surface area contributed by atoms with E-state index in [2.05, 4.69) is 51.1 Å². The maximum absolute atomic E-state index is 12.4. The summed E-state index contributed by atoms with van der Waals surface area (Å²) in [7, 11) is 1.80. The normalized spacial score (nSPS) is 17.0. The van der Waals surface area contributed by atoms with E-state index >= 15 is 0 Å². The molecule has 0 radical (unpaired) electrons. The lowest BCUT2D eigenvalue weighted by Gasteiger charge is -2.18. The molecule has 9 heteroatoms. The van der Waals surface area contributed by atoms with E-state index < -0.39 is 0 Å². The van der Waals surface area contributed by atoms with Gasteiger partial charge in [0, 0.05) is 49.3 Å². The molecule has 2 aliphatic rings. The van der Waals surface area contributed by atoms with Crippen LogP contribution in [0.3, 0.4) is 0 Å². The molecule has 1 aliphatic heterocycles. The highest BCUT2D eigenvalue weighted by molar-refractivity contribution is 14.0. The fourth-order valence-electron chi connectivity index (χ4n) is 3.69. The number of hydrogen-bond donors (Lipinski definition) is 2. The number of benzene rings is 1. The molecule has 1 aromatic heterocycles. The third-order valence-corrected chi connectivity index (χ3v) is 7.05. The van der Waals surface area contributed by atoms with Crippen LogP contribution in [-0.2, 0) is 19.5 Å². The van der Waals surface area contributed by atoms with Crippen LogP contribution in [0.4, 0.5) is 0 Å². The standard InChI is InChI=1S/C21H30N6OS.HI/c1-22-19(24-16-21(11-12-21)29-17-8-3-2-4-9-17)23-13-7-15-27-20(28)26-14-6-5-10-18(26)25-27;/h2-4,8-9H,5-7,10-16H2,1H3,(H2,22,23,24);1H. The van der Waals surface area contributed by atoms with Crippen molar-refractivity contribution in [3.63, 3.8) is 0 Å². The summed E-state index contributed by atoms with van der Waals surface area (Å²) < 4.78 is 3.73. The Balaban J connectivity index is 0.00000256. The predicted molar refractivity (Wildman–Crippen MR) is 133 cm³/mol. The second-order valence-electron chi connectivity index (χ2n) is 7.83. The van der Waals surface area contributed by atoms with Gasteiger partial charge in [0.2, 0.25) is 0 Å². The number of hydrogen-bond acceptors (Lipinski definition) is 4. The molecule has 0 atom stereocenters. The molecular formula is C21H31IN6OS. The Hall–Kier alpha value is -1.49. The highest BCUT2D eigenvalue weighted by Gasteiger charge is 2.43. The molecule has 1 saturated carbocycles. The Labute approximate surface area is 199 Å². The molecule has 2 N–H and O–H groups in total. The van der Waals surface area contributed by atoms with Gasteiger partial charge >= 0.3 is 5.69 Å². The number of nitrogens with zero attached hydrogens (tertiary/aromatic N) is 4. The van der Waals surface area contributed by atoms with E-state index in [1.54, 1.807) is 11.7 Å². The van der Waals surface area contributed by atoms with Crippen LogP contribution >= 0.6 is 35.7 Å². The van der Waals surface area contributed by atoms with Crippen LogP contribution in [0.15, 0.2) is 45.0 Å². The van der Waals surface area contributed by atoms with Crippen LogP contribution in [0, 0.1) is 0 Å². The maximum Gasteiger partial charge on any atom is 0.345 e. The molecule has 0 bridgehead atoms. The van der Waals surface area contributed by atoms with E-state index in [-0.39, 0.29) is 34.4 Å². The van der Waals surface area contributed by atoms with Crippen molar-refractivity contribution >= 4 is 41.7 Å². The molecule has 0 amide bonds. The average Bonchev–Trinajstić information content (AvgIpc) is 3.44.